The normalized spacial score (nSPS) is 15.5. The van der Waals surface area contributed by atoms with Gasteiger partial charge in [-0.3, -0.25) is 4.79 Å². The van der Waals surface area contributed by atoms with Gasteiger partial charge in [-0.15, -0.1) is 0 Å². The van der Waals surface area contributed by atoms with Gasteiger partial charge >= 0.3 is 0 Å². The fraction of sp³-hybridized carbons (Fsp3) is 0.538. The standard InChI is InChI=1S/C13H17NO3/c1-13(2,3)17-12-7-11(16-10-4-5-10)6-9(8-15)14-12/h6-8,10H,4-5H2,1-3H3. The van der Waals surface area contributed by atoms with Crippen molar-refractivity contribution in [1.82, 2.24) is 4.98 Å². The Morgan fingerprint density at radius 2 is 2.06 bits per heavy atom. The molecule has 0 bridgehead atoms. The zero-order chi connectivity index (χ0) is 12.5. The molecule has 1 aliphatic rings. The number of aldehydes is 1. The first-order valence-corrected chi connectivity index (χ1v) is 5.79. The lowest BCUT2D eigenvalue weighted by Crippen LogP contribution is -2.23. The molecule has 0 aromatic carbocycles. The van der Waals surface area contributed by atoms with Crippen LogP contribution in [0.5, 0.6) is 11.6 Å². The van der Waals surface area contributed by atoms with Crippen LogP contribution in [0.2, 0.25) is 0 Å². The third kappa shape index (κ3) is 3.73. The number of hydrogen-bond acceptors (Lipinski definition) is 4. The molecule has 0 aliphatic heterocycles. The Balaban J connectivity index is 2.21. The predicted molar refractivity (Wildman–Crippen MR) is 63.7 cm³/mol. The van der Waals surface area contributed by atoms with E-state index in [1.165, 1.54) is 0 Å². The summed E-state index contributed by atoms with van der Waals surface area (Å²) in [5, 5.41) is 0. The van der Waals surface area contributed by atoms with Gasteiger partial charge in [-0.25, -0.2) is 4.98 Å². The maximum Gasteiger partial charge on any atom is 0.218 e. The van der Waals surface area contributed by atoms with Gasteiger partial charge in [0.15, 0.2) is 6.29 Å². The first-order valence-electron chi connectivity index (χ1n) is 5.79. The van der Waals surface area contributed by atoms with Crippen molar-refractivity contribution >= 4 is 6.29 Å². The van der Waals surface area contributed by atoms with Crippen LogP contribution in [0.25, 0.3) is 0 Å². The first kappa shape index (κ1) is 11.9. The molecule has 1 aliphatic carbocycles. The molecule has 0 N–H and O–H groups in total. The average Bonchev–Trinajstić information content (AvgIpc) is 2.98. The van der Waals surface area contributed by atoms with Gasteiger partial charge < -0.3 is 9.47 Å². The molecule has 0 amide bonds. The van der Waals surface area contributed by atoms with Crippen molar-refractivity contribution in [2.75, 3.05) is 0 Å². The molecule has 1 heterocycles. The Hall–Kier alpha value is -1.58. The smallest absolute Gasteiger partial charge is 0.218 e. The molecule has 0 unspecified atom stereocenters. The van der Waals surface area contributed by atoms with E-state index in [0.717, 1.165) is 12.8 Å². The lowest BCUT2D eigenvalue weighted by atomic mass is 10.2. The van der Waals surface area contributed by atoms with Crippen LogP contribution >= 0.6 is 0 Å². The average molecular weight is 235 g/mol. The van der Waals surface area contributed by atoms with Crippen molar-refractivity contribution in [2.45, 2.75) is 45.3 Å². The fourth-order valence-electron chi connectivity index (χ4n) is 1.37. The van der Waals surface area contributed by atoms with Crippen molar-refractivity contribution in [1.29, 1.82) is 0 Å². The van der Waals surface area contributed by atoms with E-state index in [9.17, 15) is 4.79 Å². The number of rotatable bonds is 4. The molecule has 4 heteroatoms. The number of hydrogen-bond donors (Lipinski definition) is 0. The lowest BCUT2D eigenvalue weighted by Gasteiger charge is -2.20. The van der Waals surface area contributed by atoms with Crippen molar-refractivity contribution in [3.63, 3.8) is 0 Å². The molecule has 0 saturated heterocycles. The summed E-state index contributed by atoms with van der Waals surface area (Å²) in [5.41, 5.74) is -0.00635. The molecule has 2 rings (SSSR count). The Morgan fingerprint density at radius 1 is 1.35 bits per heavy atom. The third-order valence-electron chi connectivity index (χ3n) is 2.15. The monoisotopic (exact) mass is 235 g/mol. The molecule has 1 aromatic rings. The molecular weight excluding hydrogens is 218 g/mol. The maximum absolute atomic E-state index is 10.8. The van der Waals surface area contributed by atoms with Crippen LogP contribution in [0, 0.1) is 0 Å². The summed E-state index contributed by atoms with van der Waals surface area (Å²) in [6.07, 6.45) is 3.15. The van der Waals surface area contributed by atoms with Crippen LogP contribution in [0.1, 0.15) is 44.1 Å². The minimum Gasteiger partial charge on any atom is -0.490 e. The number of pyridine rings is 1. The number of carbonyl (C=O) groups excluding carboxylic acids is 1. The Bertz CT molecular complexity index is 419. The fourth-order valence-corrected chi connectivity index (χ4v) is 1.37. The highest BCUT2D eigenvalue weighted by Crippen LogP contribution is 2.29. The number of carbonyl (C=O) groups is 1. The van der Waals surface area contributed by atoms with E-state index >= 15 is 0 Å². The minimum absolute atomic E-state index is 0.291. The molecule has 0 radical (unpaired) electrons. The topological polar surface area (TPSA) is 48.4 Å². The van der Waals surface area contributed by atoms with Crippen LogP contribution in [0.4, 0.5) is 0 Å². The third-order valence-corrected chi connectivity index (χ3v) is 2.15. The van der Waals surface area contributed by atoms with E-state index in [1.54, 1.807) is 12.1 Å². The van der Waals surface area contributed by atoms with E-state index in [4.69, 9.17) is 9.47 Å². The Kier molecular flexibility index (Phi) is 3.05. The van der Waals surface area contributed by atoms with Crippen molar-refractivity contribution < 1.29 is 14.3 Å². The van der Waals surface area contributed by atoms with E-state index in [2.05, 4.69) is 4.98 Å². The molecule has 1 aromatic heterocycles. The van der Waals surface area contributed by atoms with Gasteiger partial charge in [0.05, 0.1) is 6.10 Å². The van der Waals surface area contributed by atoms with Gasteiger partial charge in [0.1, 0.15) is 17.0 Å². The molecule has 17 heavy (non-hydrogen) atoms. The minimum atomic E-state index is -0.342. The second-order valence-electron chi connectivity index (χ2n) is 5.22. The van der Waals surface area contributed by atoms with Crippen LogP contribution in [-0.4, -0.2) is 23.0 Å². The second kappa shape index (κ2) is 4.35. The van der Waals surface area contributed by atoms with Crippen molar-refractivity contribution in [3.05, 3.63) is 17.8 Å². The number of aromatic nitrogens is 1. The summed E-state index contributed by atoms with van der Waals surface area (Å²) in [6.45, 7) is 5.80. The summed E-state index contributed by atoms with van der Waals surface area (Å²) in [6, 6.07) is 3.37. The Labute approximate surface area is 101 Å². The van der Waals surface area contributed by atoms with Gasteiger partial charge in [0, 0.05) is 12.1 Å². The van der Waals surface area contributed by atoms with E-state index in [1.807, 2.05) is 20.8 Å². The van der Waals surface area contributed by atoms with Crippen molar-refractivity contribution in [3.8, 4) is 11.6 Å². The van der Waals surface area contributed by atoms with E-state index in [-0.39, 0.29) is 5.60 Å². The van der Waals surface area contributed by atoms with Crippen LogP contribution in [0.15, 0.2) is 12.1 Å². The first-order chi connectivity index (χ1) is 7.96. The molecule has 4 nitrogen and oxygen atoms in total. The highest BCUT2D eigenvalue weighted by molar-refractivity contribution is 5.72. The van der Waals surface area contributed by atoms with Crippen LogP contribution < -0.4 is 9.47 Å². The quantitative estimate of drug-likeness (QED) is 0.753. The van der Waals surface area contributed by atoms with Gasteiger partial charge in [-0.05, 0) is 33.6 Å². The highest BCUT2D eigenvalue weighted by atomic mass is 16.5. The SMILES string of the molecule is CC(C)(C)Oc1cc(OC2CC2)cc(C=O)n1. The molecule has 1 saturated carbocycles. The predicted octanol–water partition coefficient (Wildman–Crippen LogP) is 2.61. The van der Waals surface area contributed by atoms with Gasteiger partial charge in [0.25, 0.3) is 0 Å². The lowest BCUT2D eigenvalue weighted by molar-refractivity contribution is 0.110. The summed E-state index contributed by atoms with van der Waals surface area (Å²) in [4.78, 5) is 14.9. The zero-order valence-corrected chi connectivity index (χ0v) is 10.4. The molecular formula is C13H17NO3. The van der Waals surface area contributed by atoms with E-state index < -0.39 is 0 Å². The number of nitrogens with zero attached hydrogens (tertiary/aromatic N) is 1. The Morgan fingerprint density at radius 3 is 2.59 bits per heavy atom. The summed E-state index contributed by atoms with van der Waals surface area (Å²) in [7, 11) is 0. The van der Waals surface area contributed by atoms with E-state index in [0.29, 0.717) is 29.7 Å². The highest BCUT2D eigenvalue weighted by Gasteiger charge is 2.24. The zero-order valence-electron chi connectivity index (χ0n) is 10.4. The van der Waals surface area contributed by atoms with Gasteiger partial charge in [-0.2, -0.15) is 0 Å². The second-order valence-corrected chi connectivity index (χ2v) is 5.22. The molecule has 0 atom stereocenters. The van der Waals surface area contributed by atoms with Crippen molar-refractivity contribution in [2.24, 2.45) is 0 Å². The molecule has 0 spiro atoms. The van der Waals surface area contributed by atoms with Crippen LogP contribution in [0.3, 0.4) is 0 Å². The summed E-state index contributed by atoms with van der Waals surface area (Å²) >= 11 is 0. The van der Waals surface area contributed by atoms with Gasteiger partial charge in [-0.1, -0.05) is 0 Å². The van der Waals surface area contributed by atoms with Crippen LogP contribution in [-0.2, 0) is 0 Å². The summed E-state index contributed by atoms with van der Waals surface area (Å²) in [5.74, 6) is 1.08. The van der Waals surface area contributed by atoms with Gasteiger partial charge in [0.2, 0.25) is 5.88 Å². The largest absolute Gasteiger partial charge is 0.490 e. The number of ether oxygens (including phenoxy) is 2. The maximum atomic E-state index is 10.8. The summed E-state index contributed by atoms with van der Waals surface area (Å²) < 4.78 is 11.3. The molecule has 92 valence electrons. The molecule has 1 fully saturated rings.